The molecular weight excluding hydrogens is 230 g/mol. The molecule has 0 unspecified atom stereocenters. The van der Waals surface area contributed by atoms with Gasteiger partial charge in [-0.05, 0) is 74.7 Å². The molecule has 104 valence electrons. The third-order valence-corrected chi connectivity index (χ3v) is 5.22. The average molecular weight is 256 g/mol. The minimum atomic E-state index is -1.50. The Morgan fingerprint density at radius 1 is 0.889 bits per heavy atom. The fourth-order valence-corrected chi connectivity index (χ4v) is 3.91. The lowest BCUT2D eigenvalue weighted by Crippen LogP contribution is -2.25. The molecule has 0 bridgehead atoms. The number of rotatable bonds is 3. The first-order valence-electron chi connectivity index (χ1n) is 7.66. The van der Waals surface area contributed by atoms with Crippen molar-refractivity contribution >= 4 is 0 Å². The molecular formula is C16H26F2. The maximum Gasteiger partial charge on any atom is 0.266 e. The zero-order chi connectivity index (χ0) is 13.0. The van der Waals surface area contributed by atoms with Crippen molar-refractivity contribution in [3.8, 4) is 0 Å². The summed E-state index contributed by atoms with van der Waals surface area (Å²) >= 11 is 0. The van der Waals surface area contributed by atoms with Crippen molar-refractivity contribution in [1.82, 2.24) is 0 Å². The number of hydrogen-bond acceptors (Lipinski definition) is 0. The van der Waals surface area contributed by atoms with Gasteiger partial charge < -0.3 is 0 Å². The summed E-state index contributed by atoms with van der Waals surface area (Å²) in [6.07, 6.45) is 10.7. The summed E-state index contributed by atoms with van der Waals surface area (Å²) in [6, 6.07) is 0. The molecule has 0 spiro atoms. The highest BCUT2D eigenvalue weighted by atomic mass is 19.3. The van der Waals surface area contributed by atoms with Gasteiger partial charge in [0.2, 0.25) is 0 Å². The van der Waals surface area contributed by atoms with Crippen LogP contribution in [-0.2, 0) is 0 Å². The maximum absolute atomic E-state index is 12.1. The third-order valence-electron chi connectivity index (χ3n) is 5.22. The minimum absolute atomic E-state index is 0.519. The highest BCUT2D eigenvalue weighted by Gasteiger charge is 2.29. The lowest BCUT2D eigenvalue weighted by molar-refractivity contribution is 0.150. The van der Waals surface area contributed by atoms with Gasteiger partial charge in [-0.3, -0.25) is 0 Å². The van der Waals surface area contributed by atoms with Crippen LogP contribution in [0.2, 0.25) is 0 Å². The van der Waals surface area contributed by atoms with Crippen LogP contribution in [0.3, 0.4) is 0 Å². The van der Waals surface area contributed by atoms with Gasteiger partial charge in [0.05, 0.1) is 0 Å². The van der Waals surface area contributed by atoms with Crippen molar-refractivity contribution in [2.24, 2.45) is 23.7 Å². The van der Waals surface area contributed by atoms with Crippen LogP contribution >= 0.6 is 0 Å². The highest BCUT2D eigenvalue weighted by Crippen LogP contribution is 2.41. The molecule has 2 fully saturated rings. The zero-order valence-electron chi connectivity index (χ0n) is 11.5. The summed E-state index contributed by atoms with van der Waals surface area (Å²) in [4.78, 5) is 0. The fourth-order valence-electron chi connectivity index (χ4n) is 3.91. The minimum Gasteiger partial charge on any atom is -0.174 e. The average Bonchev–Trinajstić information content (AvgIpc) is 2.38. The molecule has 0 atom stereocenters. The highest BCUT2D eigenvalue weighted by molar-refractivity contribution is 4.87. The van der Waals surface area contributed by atoms with Crippen LogP contribution in [-0.4, -0.2) is 0 Å². The van der Waals surface area contributed by atoms with E-state index in [0.29, 0.717) is 12.3 Å². The molecule has 2 aliphatic rings. The van der Waals surface area contributed by atoms with Gasteiger partial charge in [0.1, 0.15) is 0 Å². The Hall–Kier alpha value is -0.400. The van der Waals surface area contributed by atoms with Gasteiger partial charge in [0, 0.05) is 0 Å². The van der Waals surface area contributed by atoms with E-state index in [1.54, 1.807) is 0 Å². The molecule has 18 heavy (non-hydrogen) atoms. The summed E-state index contributed by atoms with van der Waals surface area (Å²) in [7, 11) is 0. The summed E-state index contributed by atoms with van der Waals surface area (Å²) in [6.45, 7) is 2.37. The SMILES string of the molecule is C[C@H]1CC[C@H]([C@H]2CC[C@H](CC=C(F)F)CC2)CC1. The Bertz CT molecular complexity index is 265. The first-order chi connectivity index (χ1) is 8.65. The molecule has 2 heteroatoms. The monoisotopic (exact) mass is 256 g/mol. The van der Waals surface area contributed by atoms with Crippen molar-refractivity contribution in [3.05, 3.63) is 12.2 Å². The molecule has 2 aliphatic carbocycles. The van der Waals surface area contributed by atoms with Gasteiger partial charge in [-0.2, -0.15) is 8.78 Å². The van der Waals surface area contributed by atoms with Gasteiger partial charge in [0.15, 0.2) is 0 Å². The van der Waals surface area contributed by atoms with Crippen LogP contribution in [0.4, 0.5) is 8.78 Å². The number of allylic oxidation sites excluding steroid dienone is 1. The second-order valence-corrected chi connectivity index (χ2v) is 6.53. The molecule has 0 saturated heterocycles. The van der Waals surface area contributed by atoms with E-state index >= 15 is 0 Å². The number of halogens is 2. The Labute approximate surface area is 110 Å². The van der Waals surface area contributed by atoms with E-state index in [1.807, 2.05) is 0 Å². The van der Waals surface area contributed by atoms with Crippen molar-refractivity contribution < 1.29 is 8.78 Å². The molecule has 0 N–H and O–H groups in total. The Morgan fingerprint density at radius 2 is 1.39 bits per heavy atom. The van der Waals surface area contributed by atoms with Crippen LogP contribution in [0.1, 0.15) is 64.7 Å². The smallest absolute Gasteiger partial charge is 0.174 e. The normalized spacial score (nSPS) is 37.3. The molecule has 0 radical (unpaired) electrons. The molecule has 0 amide bonds. The van der Waals surface area contributed by atoms with E-state index in [2.05, 4.69) is 6.92 Å². The molecule has 0 nitrogen and oxygen atoms in total. The lowest BCUT2D eigenvalue weighted by Gasteiger charge is -2.37. The van der Waals surface area contributed by atoms with Crippen LogP contribution in [0.15, 0.2) is 12.2 Å². The summed E-state index contributed by atoms with van der Waals surface area (Å²) < 4.78 is 24.1. The summed E-state index contributed by atoms with van der Waals surface area (Å²) in [5.41, 5.74) is 0. The standard InChI is InChI=1S/C16H26F2/c1-12-2-7-14(8-3-12)15-9-4-13(5-10-15)6-11-16(17)18/h11-15H,2-10H2,1H3/t12-,13-,14-,15-. The van der Waals surface area contributed by atoms with E-state index < -0.39 is 6.08 Å². The van der Waals surface area contributed by atoms with Gasteiger partial charge in [-0.25, -0.2) is 0 Å². The van der Waals surface area contributed by atoms with Crippen molar-refractivity contribution in [1.29, 1.82) is 0 Å². The molecule has 0 aromatic heterocycles. The summed E-state index contributed by atoms with van der Waals surface area (Å²) in [5, 5.41) is 0. The quantitative estimate of drug-likeness (QED) is 0.599. The Morgan fingerprint density at radius 3 is 1.89 bits per heavy atom. The van der Waals surface area contributed by atoms with Gasteiger partial charge in [-0.15, -0.1) is 0 Å². The van der Waals surface area contributed by atoms with Gasteiger partial charge >= 0.3 is 0 Å². The Kier molecular flexibility index (Phi) is 5.20. The fraction of sp³-hybridized carbons (Fsp3) is 0.875. The van der Waals surface area contributed by atoms with Gasteiger partial charge in [-0.1, -0.05) is 19.8 Å². The molecule has 0 heterocycles. The largest absolute Gasteiger partial charge is 0.266 e. The summed E-state index contributed by atoms with van der Waals surface area (Å²) in [5.74, 6) is 3.28. The predicted octanol–water partition coefficient (Wildman–Crippen LogP) is 5.79. The zero-order valence-corrected chi connectivity index (χ0v) is 11.5. The maximum atomic E-state index is 12.1. The first kappa shape index (κ1) is 14.0. The van der Waals surface area contributed by atoms with Crippen LogP contribution in [0.25, 0.3) is 0 Å². The van der Waals surface area contributed by atoms with Crippen LogP contribution in [0.5, 0.6) is 0 Å². The third kappa shape index (κ3) is 4.07. The van der Waals surface area contributed by atoms with E-state index in [0.717, 1.165) is 23.8 Å². The second kappa shape index (κ2) is 6.68. The van der Waals surface area contributed by atoms with Crippen molar-refractivity contribution in [2.75, 3.05) is 0 Å². The number of hydrogen-bond donors (Lipinski definition) is 0. The molecule has 0 aromatic carbocycles. The molecule has 2 rings (SSSR count). The van der Waals surface area contributed by atoms with E-state index in [1.165, 1.54) is 51.4 Å². The van der Waals surface area contributed by atoms with E-state index in [-0.39, 0.29) is 0 Å². The molecule has 2 saturated carbocycles. The Balaban J connectivity index is 1.71. The molecule has 0 aliphatic heterocycles. The van der Waals surface area contributed by atoms with Crippen molar-refractivity contribution in [3.63, 3.8) is 0 Å². The van der Waals surface area contributed by atoms with Crippen LogP contribution < -0.4 is 0 Å². The van der Waals surface area contributed by atoms with Crippen molar-refractivity contribution in [2.45, 2.75) is 64.7 Å². The predicted molar refractivity (Wildman–Crippen MR) is 71.5 cm³/mol. The lowest BCUT2D eigenvalue weighted by atomic mass is 9.69. The topological polar surface area (TPSA) is 0 Å². The van der Waals surface area contributed by atoms with Crippen LogP contribution in [0, 0.1) is 23.7 Å². The molecule has 0 aromatic rings. The van der Waals surface area contributed by atoms with E-state index in [9.17, 15) is 8.78 Å². The second-order valence-electron chi connectivity index (χ2n) is 6.53. The van der Waals surface area contributed by atoms with E-state index in [4.69, 9.17) is 0 Å². The first-order valence-corrected chi connectivity index (χ1v) is 7.66. The van der Waals surface area contributed by atoms with Gasteiger partial charge in [0.25, 0.3) is 6.08 Å².